The summed E-state index contributed by atoms with van der Waals surface area (Å²) in [5, 5.41) is 0. The molecule has 0 amide bonds. The Morgan fingerprint density at radius 1 is 1.18 bits per heavy atom. The van der Waals surface area contributed by atoms with Crippen LogP contribution in [0.15, 0.2) is 23.5 Å². The van der Waals surface area contributed by atoms with E-state index in [1.165, 1.54) is 0 Å². The standard InChI is InChI=1S/C15H27N7/c1-3-21(4-2)14(16)17-8-9-20-10-12-22(13-11-20)15-18-6-5-7-19-15/h5-7H,3-4,8-13H2,1-2H3,(H2,16,17). The number of hydrogen-bond donors (Lipinski definition) is 1. The number of piperazine rings is 1. The molecule has 1 fully saturated rings. The maximum atomic E-state index is 5.99. The predicted octanol–water partition coefficient (Wildman–Crippen LogP) is 0.255. The zero-order valence-corrected chi connectivity index (χ0v) is 13.6. The molecular weight excluding hydrogens is 278 g/mol. The van der Waals surface area contributed by atoms with Crippen LogP contribution in [0.2, 0.25) is 0 Å². The number of nitrogens with zero attached hydrogens (tertiary/aromatic N) is 6. The molecule has 0 unspecified atom stereocenters. The molecular formula is C15H27N7. The first-order valence-corrected chi connectivity index (χ1v) is 8.03. The molecule has 0 aromatic carbocycles. The van der Waals surface area contributed by atoms with Crippen LogP contribution in [0.4, 0.5) is 5.95 Å². The summed E-state index contributed by atoms with van der Waals surface area (Å²) in [6, 6.07) is 1.85. The van der Waals surface area contributed by atoms with E-state index in [1.807, 2.05) is 6.07 Å². The van der Waals surface area contributed by atoms with Crippen LogP contribution in [-0.4, -0.2) is 78.1 Å². The first-order valence-electron chi connectivity index (χ1n) is 8.03. The van der Waals surface area contributed by atoms with Gasteiger partial charge in [0.05, 0.1) is 6.54 Å². The van der Waals surface area contributed by atoms with Gasteiger partial charge in [-0.1, -0.05) is 0 Å². The first-order chi connectivity index (χ1) is 10.7. The fourth-order valence-corrected chi connectivity index (χ4v) is 2.58. The number of aromatic nitrogens is 2. The fraction of sp³-hybridized carbons (Fsp3) is 0.667. The molecule has 122 valence electrons. The van der Waals surface area contributed by atoms with Crippen LogP contribution in [0.3, 0.4) is 0 Å². The highest BCUT2D eigenvalue weighted by Crippen LogP contribution is 2.09. The molecule has 0 radical (unpaired) electrons. The first kappa shape index (κ1) is 16.5. The molecule has 2 N–H and O–H groups in total. The second-order valence-electron chi connectivity index (χ2n) is 5.29. The Balaban J connectivity index is 1.73. The lowest BCUT2D eigenvalue weighted by molar-refractivity contribution is 0.263. The number of rotatable bonds is 6. The molecule has 0 saturated carbocycles. The van der Waals surface area contributed by atoms with Gasteiger partial charge in [-0.15, -0.1) is 0 Å². The molecule has 22 heavy (non-hydrogen) atoms. The molecule has 1 aliphatic heterocycles. The van der Waals surface area contributed by atoms with Gasteiger partial charge in [-0.25, -0.2) is 9.97 Å². The van der Waals surface area contributed by atoms with Gasteiger partial charge in [-0.05, 0) is 19.9 Å². The molecule has 0 bridgehead atoms. The molecule has 0 spiro atoms. The van der Waals surface area contributed by atoms with Crippen LogP contribution < -0.4 is 10.6 Å². The van der Waals surface area contributed by atoms with Gasteiger partial charge in [0.1, 0.15) is 0 Å². The van der Waals surface area contributed by atoms with E-state index in [4.69, 9.17) is 5.73 Å². The molecule has 2 rings (SSSR count). The Morgan fingerprint density at radius 3 is 2.41 bits per heavy atom. The highest BCUT2D eigenvalue weighted by molar-refractivity contribution is 5.77. The lowest BCUT2D eigenvalue weighted by atomic mass is 10.3. The number of nitrogens with two attached hydrogens (primary N) is 1. The van der Waals surface area contributed by atoms with E-state index in [9.17, 15) is 0 Å². The Bertz CT molecular complexity index is 450. The van der Waals surface area contributed by atoms with Gasteiger partial charge in [0.15, 0.2) is 5.96 Å². The van der Waals surface area contributed by atoms with Crippen LogP contribution in [0, 0.1) is 0 Å². The molecule has 1 aromatic rings. The van der Waals surface area contributed by atoms with Crippen LogP contribution in [0.1, 0.15) is 13.8 Å². The smallest absolute Gasteiger partial charge is 0.225 e. The summed E-state index contributed by atoms with van der Waals surface area (Å²) < 4.78 is 0. The van der Waals surface area contributed by atoms with Gasteiger partial charge >= 0.3 is 0 Å². The Kier molecular flexibility index (Phi) is 6.39. The summed E-state index contributed by atoms with van der Waals surface area (Å²) in [6.45, 7) is 11.6. The minimum atomic E-state index is 0.654. The van der Waals surface area contributed by atoms with Gasteiger partial charge < -0.3 is 15.5 Å². The van der Waals surface area contributed by atoms with E-state index in [-0.39, 0.29) is 0 Å². The summed E-state index contributed by atoms with van der Waals surface area (Å²) in [5.74, 6) is 1.48. The number of aliphatic imine (C=N–C) groups is 1. The molecule has 1 aliphatic rings. The second kappa shape index (κ2) is 8.53. The molecule has 7 nitrogen and oxygen atoms in total. The van der Waals surface area contributed by atoms with Gasteiger partial charge in [-0.3, -0.25) is 9.89 Å². The Hall–Kier alpha value is -1.89. The van der Waals surface area contributed by atoms with Crippen molar-refractivity contribution in [2.45, 2.75) is 13.8 Å². The van der Waals surface area contributed by atoms with Crippen LogP contribution in [-0.2, 0) is 0 Å². The number of hydrogen-bond acceptors (Lipinski definition) is 5. The average Bonchev–Trinajstić information content (AvgIpc) is 2.57. The third-order valence-corrected chi connectivity index (χ3v) is 3.98. The van der Waals surface area contributed by atoms with E-state index in [0.29, 0.717) is 5.96 Å². The van der Waals surface area contributed by atoms with E-state index < -0.39 is 0 Å². The van der Waals surface area contributed by atoms with Crippen molar-refractivity contribution < 1.29 is 0 Å². The second-order valence-corrected chi connectivity index (χ2v) is 5.29. The van der Waals surface area contributed by atoms with E-state index >= 15 is 0 Å². The number of anilines is 1. The maximum Gasteiger partial charge on any atom is 0.225 e. The topological polar surface area (TPSA) is 73.9 Å². The fourth-order valence-electron chi connectivity index (χ4n) is 2.58. The summed E-state index contributed by atoms with van der Waals surface area (Å²) >= 11 is 0. The van der Waals surface area contributed by atoms with E-state index in [2.05, 4.69) is 43.5 Å². The lowest BCUT2D eigenvalue weighted by Gasteiger charge is -2.34. The van der Waals surface area contributed by atoms with Gasteiger partial charge in [0.2, 0.25) is 5.95 Å². The molecule has 1 saturated heterocycles. The Morgan fingerprint density at radius 2 is 1.82 bits per heavy atom. The average molecular weight is 305 g/mol. The van der Waals surface area contributed by atoms with Gasteiger partial charge in [0.25, 0.3) is 0 Å². The van der Waals surface area contributed by atoms with Crippen molar-refractivity contribution in [1.29, 1.82) is 0 Å². The highest BCUT2D eigenvalue weighted by atomic mass is 15.3. The van der Waals surface area contributed by atoms with Crippen molar-refractivity contribution in [3.8, 4) is 0 Å². The largest absolute Gasteiger partial charge is 0.370 e. The maximum absolute atomic E-state index is 5.99. The van der Waals surface area contributed by atoms with Crippen LogP contribution in [0.25, 0.3) is 0 Å². The van der Waals surface area contributed by atoms with E-state index in [1.54, 1.807) is 12.4 Å². The van der Waals surface area contributed by atoms with Crippen molar-refractivity contribution in [2.24, 2.45) is 10.7 Å². The summed E-state index contributed by atoms with van der Waals surface area (Å²) in [4.78, 5) is 19.8. The molecule has 1 aromatic heterocycles. The quantitative estimate of drug-likeness (QED) is 0.600. The Labute approximate surface area is 132 Å². The van der Waals surface area contributed by atoms with Crippen molar-refractivity contribution in [1.82, 2.24) is 19.8 Å². The minimum absolute atomic E-state index is 0.654. The predicted molar refractivity (Wildman–Crippen MR) is 90.1 cm³/mol. The highest BCUT2D eigenvalue weighted by Gasteiger charge is 2.18. The minimum Gasteiger partial charge on any atom is -0.370 e. The van der Waals surface area contributed by atoms with Gasteiger partial charge in [-0.2, -0.15) is 0 Å². The monoisotopic (exact) mass is 305 g/mol. The van der Waals surface area contributed by atoms with Crippen LogP contribution in [0.5, 0.6) is 0 Å². The number of guanidine groups is 1. The SMILES string of the molecule is CCN(CC)C(N)=NCCN1CCN(c2ncccn2)CC1. The zero-order valence-electron chi connectivity index (χ0n) is 13.6. The van der Waals surface area contributed by atoms with Crippen molar-refractivity contribution in [3.63, 3.8) is 0 Å². The van der Waals surface area contributed by atoms with Crippen molar-refractivity contribution >= 4 is 11.9 Å². The third-order valence-electron chi connectivity index (χ3n) is 3.98. The van der Waals surface area contributed by atoms with Crippen molar-refractivity contribution in [2.75, 3.05) is 57.3 Å². The summed E-state index contributed by atoms with van der Waals surface area (Å²) in [5.41, 5.74) is 5.99. The van der Waals surface area contributed by atoms with Crippen molar-refractivity contribution in [3.05, 3.63) is 18.5 Å². The molecule has 7 heteroatoms. The normalized spacial score (nSPS) is 16.8. The zero-order chi connectivity index (χ0) is 15.8. The van der Waals surface area contributed by atoms with Crippen LogP contribution >= 0.6 is 0 Å². The lowest BCUT2D eigenvalue weighted by Crippen LogP contribution is -2.47. The molecule has 0 atom stereocenters. The summed E-state index contributed by atoms with van der Waals surface area (Å²) in [7, 11) is 0. The summed E-state index contributed by atoms with van der Waals surface area (Å²) in [6.07, 6.45) is 3.58. The molecule has 2 heterocycles. The third kappa shape index (κ3) is 4.56. The van der Waals surface area contributed by atoms with E-state index in [0.717, 1.165) is 58.3 Å². The van der Waals surface area contributed by atoms with Gasteiger partial charge in [0, 0.05) is 58.2 Å². The molecule has 0 aliphatic carbocycles.